The van der Waals surface area contributed by atoms with Crippen LogP contribution in [0.15, 0.2) is 25.6 Å². The molecule has 0 N–H and O–H groups in total. The van der Waals surface area contributed by atoms with E-state index in [1.165, 1.54) is 19.3 Å². The average Bonchev–Trinajstić information content (AvgIpc) is 3.08. The minimum absolute atomic E-state index is 0.440. The number of aromatic nitrogens is 2. The smallest absolute Gasteiger partial charge is 0.283 e. The second-order valence-corrected chi connectivity index (χ2v) is 6.04. The van der Waals surface area contributed by atoms with E-state index in [-0.39, 0.29) is 0 Å². The van der Waals surface area contributed by atoms with E-state index < -0.39 is 0 Å². The average molecular weight is 340 g/mol. The van der Waals surface area contributed by atoms with Crippen molar-refractivity contribution in [1.82, 2.24) is 15.1 Å². The first-order valence-electron chi connectivity index (χ1n) is 7.05. The molecule has 0 aliphatic carbocycles. The molecule has 0 radical (unpaired) electrons. The number of rotatable bonds is 4. The molecule has 3 rings (SSSR count). The van der Waals surface area contributed by atoms with Crippen molar-refractivity contribution in [2.24, 2.45) is 5.92 Å². The SMILES string of the molecule is CC[C@@H]1CCCN(Cc2nnc(-c3ccc(Br)o3)o2)C1. The van der Waals surface area contributed by atoms with E-state index in [1.807, 2.05) is 12.1 Å². The van der Waals surface area contributed by atoms with Gasteiger partial charge in [0.15, 0.2) is 10.4 Å². The Kier molecular flexibility index (Phi) is 4.21. The number of halogens is 1. The van der Waals surface area contributed by atoms with E-state index in [0.717, 1.165) is 25.6 Å². The summed E-state index contributed by atoms with van der Waals surface area (Å²) < 4.78 is 11.8. The monoisotopic (exact) mass is 339 g/mol. The van der Waals surface area contributed by atoms with Crippen LogP contribution in [0, 0.1) is 5.92 Å². The Balaban J connectivity index is 1.65. The molecule has 108 valence electrons. The first-order valence-corrected chi connectivity index (χ1v) is 7.84. The molecule has 0 bridgehead atoms. The van der Waals surface area contributed by atoms with E-state index in [1.54, 1.807) is 0 Å². The molecule has 0 saturated carbocycles. The maximum Gasteiger partial charge on any atom is 0.283 e. The van der Waals surface area contributed by atoms with Crippen LogP contribution in [0.5, 0.6) is 0 Å². The van der Waals surface area contributed by atoms with Crippen molar-refractivity contribution in [2.45, 2.75) is 32.7 Å². The summed E-state index contributed by atoms with van der Waals surface area (Å²) >= 11 is 3.27. The predicted octanol–water partition coefficient (Wildman–Crippen LogP) is 3.71. The molecule has 3 heterocycles. The lowest BCUT2D eigenvalue weighted by Gasteiger charge is -2.31. The van der Waals surface area contributed by atoms with Crippen LogP contribution >= 0.6 is 15.9 Å². The lowest BCUT2D eigenvalue weighted by molar-refractivity contribution is 0.152. The van der Waals surface area contributed by atoms with Crippen LogP contribution in [0.1, 0.15) is 32.1 Å². The van der Waals surface area contributed by atoms with Gasteiger partial charge in [0.1, 0.15) is 0 Å². The number of piperidine rings is 1. The number of hydrogen-bond donors (Lipinski definition) is 0. The molecule has 1 saturated heterocycles. The molecule has 2 aromatic rings. The molecule has 5 nitrogen and oxygen atoms in total. The maximum absolute atomic E-state index is 5.68. The number of hydrogen-bond acceptors (Lipinski definition) is 5. The topological polar surface area (TPSA) is 55.3 Å². The zero-order valence-electron chi connectivity index (χ0n) is 11.5. The second kappa shape index (κ2) is 6.10. The molecule has 0 aromatic carbocycles. The van der Waals surface area contributed by atoms with Gasteiger partial charge in [0.25, 0.3) is 5.89 Å². The zero-order valence-corrected chi connectivity index (χ0v) is 13.1. The summed E-state index contributed by atoms with van der Waals surface area (Å²) in [7, 11) is 0. The normalized spacial score (nSPS) is 20.4. The Morgan fingerprint density at radius 3 is 3.00 bits per heavy atom. The van der Waals surface area contributed by atoms with Gasteiger partial charge in [0.05, 0.1) is 6.54 Å². The molecule has 0 unspecified atom stereocenters. The van der Waals surface area contributed by atoms with Crippen molar-refractivity contribution < 1.29 is 8.83 Å². The first kappa shape index (κ1) is 13.8. The van der Waals surface area contributed by atoms with Crippen molar-refractivity contribution in [3.05, 3.63) is 22.7 Å². The number of likely N-dealkylation sites (tertiary alicyclic amines) is 1. The van der Waals surface area contributed by atoms with Gasteiger partial charge in [-0.05, 0) is 53.4 Å². The lowest BCUT2D eigenvalue weighted by Crippen LogP contribution is -2.34. The molecule has 1 fully saturated rings. The summed E-state index contributed by atoms with van der Waals surface area (Å²) in [5, 5.41) is 8.16. The highest BCUT2D eigenvalue weighted by Gasteiger charge is 2.21. The molecule has 0 spiro atoms. The van der Waals surface area contributed by atoms with Gasteiger partial charge < -0.3 is 8.83 Å². The van der Waals surface area contributed by atoms with E-state index in [4.69, 9.17) is 8.83 Å². The summed E-state index contributed by atoms with van der Waals surface area (Å²) in [5.41, 5.74) is 0. The van der Waals surface area contributed by atoms with Gasteiger partial charge in [0.2, 0.25) is 5.89 Å². The predicted molar refractivity (Wildman–Crippen MR) is 78.0 cm³/mol. The summed E-state index contributed by atoms with van der Waals surface area (Å²) in [6.45, 7) is 5.22. The van der Waals surface area contributed by atoms with Gasteiger partial charge in [-0.25, -0.2) is 0 Å². The molecular formula is C14H18BrN3O2. The highest BCUT2D eigenvalue weighted by molar-refractivity contribution is 9.10. The molecule has 0 amide bonds. The fourth-order valence-electron chi connectivity index (χ4n) is 2.67. The van der Waals surface area contributed by atoms with Crippen molar-refractivity contribution in [3.63, 3.8) is 0 Å². The minimum Gasteiger partial charge on any atom is -0.444 e. The van der Waals surface area contributed by atoms with Crippen molar-refractivity contribution in [2.75, 3.05) is 13.1 Å². The number of furan rings is 1. The Labute approximate surface area is 126 Å². The first-order chi connectivity index (χ1) is 9.74. The van der Waals surface area contributed by atoms with Crippen LogP contribution in [0.4, 0.5) is 0 Å². The van der Waals surface area contributed by atoms with Gasteiger partial charge in [-0.2, -0.15) is 0 Å². The quantitative estimate of drug-likeness (QED) is 0.849. The molecule has 1 atom stereocenters. The molecule has 6 heteroatoms. The van der Waals surface area contributed by atoms with Crippen LogP contribution in [-0.4, -0.2) is 28.2 Å². The van der Waals surface area contributed by atoms with Gasteiger partial charge >= 0.3 is 0 Å². The van der Waals surface area contributed by atoms with E-state index in [0.29, 0.717) is 22.2 Å². The Morgan fingerprint density at radius 2 is 2.25 bits per heavy atom. The van der Waals surface area contributed by atoms with Crippen molar-refractivity contribution in [3.8, 4) is 11.7 Å². The molecule has 1 aliphatic rings. The van der Waals surface area contributed by atoms with Gasteiger partial charge in [0, 0.05) is 6.54 Å². The summed E-state index contributed by atoms with van der Waals surface area (Å²) in [6, 6.07) is 3.63. The summed E-state index contributed by atoms with van der Waals surface area (Å²) in [6.07, 6.45) is 3.83. The van der Waals surface area contributed by atoms with E-state index in [9.17, 15) is 0 Å². The van der Waals surface area contributed by atoms with E-state index in [2.05, 4.69) is 38.0 Å². The van der Waals surface area contributed by atoms with Crippen LogP contribution in [-0.2, 0) is 6.54 Å². The van der Waals surface area contributed by atoms with Crippen LogP contribution in [0.2, 0.25) is 0 Å². The van der Waals surface area contributed by atoms with Crippen LogP contribution in [0.25, 0.3) is 11.7 Å². The Bertz CT molecular complexity index is 566. The highest BCUT2D eigenvalue weighted by atomic mass is 79.9. The third-order valence-corrected chi connectivity index (χ3v) is 4.22. The standard InChI is InChI=1S/C14H18BrN3O2/c1-2-10-4-3-7-18(8-10)9-13-16-17-14(20-13)11-5-6-12(15)19-11/h5-6,10H,2-4,7-9H2,1H3/t10-/m1/s1. The molecule has 2 aromatic heterocycles. The molecular weight excluding hydrogens is 322 g/mol. The lowest BCUT2D eigenvalue weighted by atomic mass is 9.96. The van der Waals surface area contributed by atoms with Gasteiger partial charge in [-0.15, -0.1) is 10.2 Å². The second-order valence-electron chi connectivity index (χ2n) is 5.26. The molecule has 1 aliphatic heterocycles. The summed E-state index contributed by atoms with van der Waals surface area (Å²) in [5.74, 6) is 2.49. The fourth-order valence-corrected chi connectivity index (χ4v) is 2.97. The molecule has 20 heavy (non-hydrogen) atoms. The minimum atomic E-state index is 0.440. The van der Waals surface area contributed by atoms with Gasteiger partial charge in [-0.1, -0.05) is 13.3 Å². The Hall–Kier alpha value is -1.14. The fraction of sp³-hybridized carbons (Fsp3) is 0.571. The zero-order chi connectivity index (χ0) is 13.9. The Morgan fingerprint density at radius 1 is 1.35 bits per heavy atom. The summed E-state index contributed by atoms with van der Waals surface area (Å²) in [4.78, 5) is 2.40. The van der Waals surface area contributed by atoms with Crippen molar-refractivity contribution >= 4 is 15.9 Å². The van der Waals surface area contributed by atoms with Crippen LogP contribution in [0.3, 0.4) is 0 Å². The van der Waals surface area contributed by atoms with Gasteiger partial charge in [-0.3, -0.25) is 4.90 Å². The largest absolute Gasteiger partial charge is 0.444 e. The van der Waals surface area contributed by atoms with Crippen molar-refractivity contribution in [1.29, 1.82) is 0 Å². The van der Waals surface area contributed by atoms with Crippen LogP contribution < -0.4 is 0 Å². The third kappa shape index (κ3) is 3.12. The van der Waals surface area contributed by atoms with E-state index >= 15 is 0 Å². The highest BCUT2D eigenvalue weighted by Crippen LogP contribution is 2.25. The number of nitrogens with zero attached hydrogens (tertiary/aromatic N) is 3. The maximum atomic E-state index is 5.68. The third-order valence-electron chi connectivity index (χ3n) is 3.79.